The van der Waals surface area contributed by atoms with Gasteiger partial charge in [-0.15, -0.1) is 0 Å². The zero-order valence-electron chi connectivity index (χ0n) is 10.3. The molecular weight excluding hydrogens is 290 g/mol. The molecule has 94 valence electrons. The fourth-order valence-corrected chi connectivity index (χ4v) is 2.11. The lowest BCUT2D eigenvalue weighted by atomic mass is 10.0. The van der Waals surface area contributed by atoms with Crippen LogP contribution < -0.4 is 5.32 Å². The Labute approximate surface area is 116 Å². The molecule has 0 saturated carbocycles. The van der Waals surface area contributed by atoms with E-state index in [1.165, 1.54) is 5.56 Å². The van der Waals surface area contributed by atoms with Gasteiger partial charge in [0.05, 0.1) is 0 Å². The van der Waals surface area contributed by atoms with Crippen molar-refractivity contribution in [3.63, 3.8) is 0 Å². The van der Waals surface area contributed by atoms with Crippen molar-refractivity contribution in [3.05, 3.63) is 58.6 Å². The first-order chi connectivity index (χ1) is 8.79. The maximum Gasteiger partial charge on any atom is 0.0423 e. The van der Waals surface area contributed by atoms with Gasteiger partial charge in [-0.25, -0.2) is 0 Å². The van der Waals surface area contributed by atoms with Crippen molar-refractivity contribution >= 4 is 15.9 Å². The minimum Gasteiger partial charge on any atom is -0.310 e. The first kappa shape index (κ1) is 13.2. The Balaban J connectivity index is 2.14. The number of halogens is 1. The summed E-state index contributed by atoms with van der Waals surface area (Å²) >= 11 is 3.40. The number of hydrogen-bond acceptors (Lipinski definition) is 3. The third kappa shape index (κ3) is 3.62. The number of pyridine rings is 2. The largest absolute Gasteiger partial charge is 0.310 e. The Bertz CT molecular complexity index is 470. The molecule has 0 saturated heterocycles. The van der Waals surface area contributed by atoms with E-state index >= 15 is 0 Å². The van der Waals surface area contributed by atoms with Gasteiger partial charge in [-0.1, -0.05) is 13.0 Å². The molecule has 0 aliphatic heterocycles. The summed E-state index contributed by atoms with van der Waals surface area (Å²) in [5.74, 6) is 0. The highest BCUT2D eigenvalue weighted by Crippen LogP contribution is 2.17. The van der Waals surface area contributed by atoms with E-state index in [4.69, 9.17) is 0 Å². The maximum absolute atomic E-state index is 4.42. The Hall–Kier alpha value is -1.26. The molecule has 4 heteroatoms. The summed E-state index contributed by atoms with van der Waals surface area (Å²) in [6.07, 6.45) is 6.41. The predicted molar refractivity (Wildman–Crippen MR) is 76.3 cm³/mol. The van der Waals surface area contributed by atoms with Gasteiger partial charge in [0.2, 0.25) is 0 Å². The van der Waals surface area contributed by atoms with Gasteiger partial charge in [-0.2, -0.15) is 0 Å². The molecule has 0 amide bonds. The van der Waals surface area contributed by atoms with Crippen molar-refractivity contribution in [1.82, 2.24) is 15.3 Å². The molecule has 0 aliphatic carbocycles. The zero-order valence-corrected chi connectivity index (χ0v) is 11.9. The quantitative estimate of drug-likeness (QED) is 0.922. The molecule has 0 spiro atoms. The topological polar surface area (TPSA) is 37.8 Å². The summed E-state index contributed by atoms with van der Waals surface area (Å²) < 4.78 is 1.01. The van der Waals surface area contributed by atoms with Crippen molar-refractivity contribution < 1.29 is 0 Å². The van der Waals surface area contributed by atoms with Gasteiger partial charge in [-0.3, -0.25) is 9.97 Å². The summed E-state index contributed by atoms with van der Waals surface area (Å²) in [6.45, 7) is 3.04. The van der Waals surface area contributed by atoms with Crippen molar-refractivity contribution in [2.24, 2.45) is 0 Å². The highest BCUT2D eigenvalue weighted by molar-refractivity contribution is 9.10. The van der Waals surface area contributed by atoms with E-state index in [1.807, 2.05) is 30.6 Å². The van der Waals surface area contributed by atoms with Crippen LogP contribution in [0.3, 0.4) is 0 Å². The van der Waals surface area contributed by atoms with Gasteiger partial charge >= 0.3 is 0 Å². The van der Waals surface area contributed by atoms with E-state index in [0.29, 0.717) is 0 Å². The lowest BCUT2D eigenvalue weighted by molar-refractivity contribution is 0.542. The normalized spacial score (nSPS) is 12.3. The highest BCUT2D eigenvalue weighted by atomic mass is 79.9. The average molecular weight is 306 g/mol. The number of likely N-dealkylation sites (N-methyl/N-ethyl adjacent to an activating group) is 1. The van der Waals surface area contributed by atoms with E-state index in [9.17, 15) is 0 Å². The summed E-state index contributed by atoms with van der Waals surface area (Å²) in [4.78, 5) is 8.59. The molecule has 2 aromatic heterocycles. The average Bonchev–Trinajstić information content (AvgIpc) is 2.42. The monoisotopic (exact) mass is 305 g/mol. The van der Waals surface area contributed by atoms with E-state index < -0.39 is 0 Å². The van der Waals surface area contributed by atoms with Crippen LogP contribution in [0.25, 0.3) is 0 Å². The molecule has 3 nitrogen and oxygen atoms in total. The molecule has 0 fully saturated rings. The Kier molecular flexibility index (Phi) is 4.84. The van der Waals surface area contributed by atoms with Crippen LogP contribution in [0.1, 0.15) is 24.2 Å². The predicted octanol–water partition coefficient (Wildman–Crippen LogP) is 3.13. The van der Waals surface area contributed by atoms with Crippen molar-refractivity contribution in [3.8, 4) is 0 Å². The molecule has 1 N–H and O–H groups in total. The number of rotatable bonds is 5. The van der Waals surface area contributed by atoms with Crippen LogP contribution >= 0.6 is 15.9 Å². The van der Waals surface area contributed by atoms with Crippen LogP contribution in [0, 0.1) is 0 Å². The fourth-order valence-electron chi connectivity index (χ4n) is 1.87. The van der Waals surface area contributed by atoms with Gasteiger partial charge in [0.15, 0.2) is 0 Å². The third-order valence-corrected chi connectivity index (χ3v) is 3.21. The maximum atomic E-state index is 4.42. The van der Waals surface area contributed by atoms with Gasteiger partial charge < -0.3 is 5.32 Å². The second-order valence-electron chi connectivity index (χ2n) is 4.07. The van der Waals surface area contributed by atoms with Crippen LogP contribution in [0.5, 0.6) is 0 Å². The molecule has 1 unspecified atom stereocenters. The van der Waals surface area contributed by atoms with Crippen LogP contribution in [0.15, 0.2) is 47.3 Å². The summed E-state index contributed by atoms with van der Waals surface area (Å²) in [5.41, 5.74) is 2.28. The molecular formula is C14H16BrN3. The first-order valence-electron chi connectivity index (χ1n) is 6.03. The van der Waals surface area contributed by atoms with E-state index in [1.54, 1.807) is 6.20 Å². The molecule has 0 radical (unpaired) electrons. The van der Waals surface area contributed by atoms with Gasteiger partial charge in [0.1, 0.15) is 0 Å². The summed E-state index contributed by atoms with van der Waals surface area (Å²) in [5, 5.41) is 3.47. The highest BCUT2D eigenvalue weighted by Gasteiger charge is 2.11. The smallest absolute Gasteiger partial charge is 0.0423 e. The van der Waals surface area contributed by atoms with E-state index in [0.717, 1.165) is 23.1 Å². The summed E-state index contributed by atoms with van der Waals surface area (Å²) in [7, 11) is 0. The van der Waals surface area contributed by atoms with Gasteiger partial charge in [-0.05, 0) is 46.2 Å². The minimum atomic E-state index is 0.261. The van der Waals surface area contributed by atoms with Crippen LogP contribution in [-0.2, 0) is 6.42 Å². The second kappa shape index (κ2) is 6.61. The molecule has 1 atom stereocenters. The second-order valence-corrected chi connectivity index (χ2v) is 4.98. The van der Waals surface area contributed by atoms with Crippen molar-refractivity contribution in [1.29, 1.82) is 0 Å². The third-order valence-electron chi connectivity index (χ3n) is 2.74. The van der Waals surface area contributed by atoms with Gasteiger partial charge in [0.25, 0.3) is 0 Å². The number of hydrogen-bond donors (Lipinski definition) is 1. The minimum absolute atomic E-state index is 0.261. The molecule has 2 rings (SSSR count). The van der Waals surface area contributed by atoms with Crippen LogP contribution in [-0.4, -0.2) is 16.5 Å². The lowest BCUT2D eigenvalue weighted by Crippen LogP contribution is -2.23. The van der Waals surface area contributed by atoms with Crippen molar-refractivity contribution in [2.75, 3.05) is 6.54 Å². The summed E-state index contributed by atoms with van der Waals surface area (Å²) in [6, 6.07) is 8.39. The first-order valence-corrected chi connectivity index (χ1v) is 6.82. The number of nitrogens with one attached hydrogen (secondary N) is 1. The molecule has 18 heavy (non-hydrogen) atoms. The Morgan fingerprint density at radius 2 is 2.17 bits per heavy atom. The van der Waals surface area contributed by atoms with Crippen molar-refractivity contribution in [2.45, 2.75) is 19.4 Å². The number of aromatic nitrogens is 2. The zero-order chi connectivity index (χ0) is 12.8. The van der Waals surface area contributed by atoms with Crippen LogP contribution in [0.2, 0.25) is 0 Å². The Morgan fingerprint density at radius 3 is 2.78 bits per heavy atom. The number of nitrogens with zero attached hydrogens (tertiary/aromatic N) is 2. The molecule has 2 heterocycles. The van der Waals surface area contributed by atoms with E-state index in [-0.39, 0.29) is 6.04 Å². The Morgan fingerprint density at radius 1 is 1.28 bits per heavy atom. The van der Waals surface area contributed by atoms with Crippen LogP contribution in [0.4, 0.5) is 0 Å². The SMILES string of the molecule is CCNC(Cc1ccc(Br)cn1)c1cccnc1. The standard InChI is InChI=1S/C14H16BrN3/c1-2-17-14(11-4-3-7-16-9-11)8-13-6-5-12(15)10-18-13/h3-7,9-10,14,17H,2,8H2,1H3. The lowest BCUT2D eigenvalue weighted by Gasteiger charge is -2.17. The van der Waals surface area contributed by atoms with E-state index in [2.05, 4.69) is 44.2 Å². The van der Waals surface area contributed by atoms with Gasteiger partial charge in [0, 0.05) is 41.2 Å². The fraction of sp³-hybridized carbons (Fsp3) is 0.286. The molecule has 2 aromatic rings. The molecule has 0 aromatic carbocycles. The molecule has 0 bridgehead atoms. The molecule has 0 aliphatic rings.